The van der Waals surface area contributed by atoms with Crippen molar-refractivity contribution < 1.29 is 4.74 Å². The Morgan fingerprint density at radius 3 is 3.07 bits per heavy atom. The Hall–Kier alpha value is -0.140. The van der Waals surface area contributed by atoms with Gasteiger partial charge in [-0.3, -0.25) is 4.68 Å². The van der Waals surface area contributed by atoms with E-state index >= 15 is 0 Å². The van der Waals surface area contributed by atoms with Gasteiger partial charge in [0.25, 0.3) is 0 Å². The molecule has 0 saturated heterocycles. The van der Waals surface area contributed by atoms with Gasteiger partial charge < -0.3 is 10.1 Å². The summed E-state index contributed by atoms with van der Waals surface area (Å²) in [6.45, 7) is 4.67. The van der Waals surface area contributed by atoms with Crippen molar-refractivity contribution in [1.29, 1.82) is 0 Å². The zero-order chi connectivity index (χ0) is 10.4. The second-order valence-electron chi connectivity index (χ2n) is 3.23. The summed E-state index contributed by atoms with van der Waals surface area (Å²) in [7, 11) is 1.72. The van der Waals surface area contributed by atoms with Crippen LogP contribution in [0.5, 0.6) is 0 Å². The summed E-state index contributed by atoms with van der Waals surface area (Å²) < 4.78 is 8.14. The quantitative estimate of drug-likeness (QED) is 0.800. The van der Waals surface area contributed by atoms with Gasteiger partial charge in [-0.25, -0.2) is 0 Å². The first-order chi connectivity index (χ1) is 6.72. The summed E-state index contributed by atoms with van der Waals surface area (Å²) in [6, 6.07) is 0.398. The van der Waals surface area contributed by atoms with Crippen LogP contribution in [-0.4, -0.2) is 36.1 Å². The third-order valence-electron chi connectivity index (χ3n) is 1.85. The molecule has 0 aromatic carbocycles. The molecule has 0 aliphatic rings. The molecule has 1 aromatic rings. The van der Waals surface area contributed by atoms with Crippen molar-refractivity contribution in [2.24, 2.45) is 0 Å². The lowest BCUT2D eigenvalue weighted by molar-refractivity contribution is 0.171. The number of hydrogen-bond acceptors (Lipinski definition) is 3. The third-order valence-corrected chi connectivity index (χ3v) is 2.41. The highest BCUT2D eigenvalue weighted by Gasteiger charge is 1.99. The number of aromatic nitrogens is 2. The number of halogens is 1. The average molecular weight is 309 g/mol. The van der Waals surface area contributed by atoms with E-state index in [1.807, 2.05) is 17.1 Å². The smallest absolute Gasteiger partial charge is 0.0623 e. The van der Waals surface area contributed by atoms with Crippen LogP contribution in [0.4, 0.5) is 0 Å². The monoisotopic (exact) mass is 309 g/mol. The highest BCUT2D eigenvalue weighted by atomic mass is 127. The molecule has 5 heteroatoms. The van der Waals surface area contributed by atoms with Crippen molar-refractivity contribution in [3.8, 4) is 0 Å². The summed E-state index contributed by atoms with van der Waals surface area (Å²) in [5.74, 6) is 0. The molecule has 0 aliphatic heterocycles. The Bertz CT molecular complexity index is 264. The van der Waals surface area contributed by atoms with Crippen LogP contribution in [-0.2, 0) is 11.3 Å². The molecule has 1 atom stereocenters. The van der Waals surface area contributed by atoms with Crippen LogP contribution in [0, 0.1) is 3.57 Å². The fourth-order valence-electron chi connectivity index (χ4n) is 1.20. The van der Waals surface area contributed by atoms with Crippen molar-refractivity contribution in [3.63, 3.8) is 0 Å². The van der Waals surface area contributed by atoms with Crippen LogP contribution in [0.3, 0.4) is 0 Å². The molecule has 1 rings (SSSR count). The average Bonchev–Trinajstić information content (AvgIpc) is 2.52. The van der Waals surface area contributed by atoms with Crippen molar-refractivity contribution in [2.75, 3.05) is 20.3 Å². The maximum absolute atomic E-state index is 5.02. The minimum atomic E-state index is 0.398. The lowest BCUT2D eigenvalue weighted by Gasteiger charge is -2.12. The molecule has 80 valence electrons. The van der Waals surface area contributed by atoms with E-state index in [4.69, 9.17) is 4.74 Å². The van der Waals surface area contributed by atoms with Gasteiger partial charge in [0.05, 0.1) is 22.9 Å². The van der Waals surface area contributed by atoms with E-state index < -0.39 is 0 Å². The van der Waals surface area contributed by atoms with E-state index in [0.29, 0.717) is 6.04 Å². The van der Waals surface area contributed by atoms with Gasteiger partial charge in [0.1, 0.15) is 0 Å². The Morgan fingerprint density at radius 1 is 1.71 bits per heavy atom. The summed E-state index contributed by atoms with van der Waals surface area (Å²) >= 11 is 2.26. The van der Waals surface area contributed by atoms with E-state index in [1.165, 1.54) is 3.57 Å². The zero-order valence-corrected chi connectivity index (χ0v) is 10.7. The molecular weight excluding hydrogens is 293 g/mol. The Balaban J connectivity index is 2.15. The van der Waals surface area contributed by atoms with Gasteiger partial charge in [0, 0.05) is 25.9 Å². The van der Waals surface area contributed by atoms with Crippen molar-refractivity contribution in [1.82, 2.24) is 15.1 Å². The fraction of sp³-hybridized carbons (Fsp3) is 0.667. The van der Waals surface area contributed by atoms with E-state index in [-0.39, 0.29) is 0 Å². The first kappa shape index (κ1) is 11.9. The maximum Gasteiger partial charge on any atom is 0.0623 e. The number of nitrogens with one attached hydrogen (secondary N) is 1. The largest absolute Gasteiger partial charge is 0.383 e. The molecule has 0 spiro atoms. The molecule has 0 radical (unpaired) electrons. The molecule has 0 amide bonds. The minimum Gasteiger partial charge on any atom is -0.383 e. The van der Waals surface area contributed by atoms with Gasteiger partial charge in [-0.2, -0.15) is 5.10 Å². The predicted octanol–water partition coefficient (Wildman–Crippen LogP) is 1.11. The van der Waals surface area contributed by atoms with E-state index in [2.05, 4.69) is 39.9 Å². The summed E-state index contributed by atoms with van der Waals surface area (Å²) in [5, 5.41) is 7.55. The van der Waals surface area contributed by atoms with Gasteiger partial charge in [0.15, 0.2) is 0 Å². The second kappa shape index (κ2) is 6.36. The van der Waals surface area contributed by atoms with Gasteiger partial charge in [-0.1, -0.05) is 0 Å². The molecule has 1 aromatic heterocycles. The highest BCUT2D eigenvalue weighted by molar-refractivity contribution is 14.1. The molecule has 14 heavy (non-hydrogen) atoms. The second-order valence-corrected chi connectivity index (χ2v) is 4.48. The maximum atomic E-state index is 5.02. The molecule has 0 fully saturated rings. The van der Waals surface area contributed by atoms with Gasteiger partial charge in [0.2, 0.25) is 0 Å². The van der Waals surface area contributed by atoms with E-state index in [1.54, 1.807) is 7.11 Å². The first-order valence-electron chi connectivity index (χ1n) is 4.62. The first-order valence-corrected chi connectivity index (χ1v) is 5.70. The standard InChI is InChI=1S/C9H16IN3O/c1-8(7-14-2)11-3-4-13-6-9(10)5-12-13/h5-6,8,11H,3-4,7H2,1-2H3. The SMILES string of the molecule is COCC(C)NCCn1cc(I)cn1. The van der Waals surface area contributed by atoms with Crippen molar-refractivity contribution >= 4 is 22.6 Å². The van der Waals surface area contributed by atoms with Crippen LogP contribution in [0.2, 0.25) is 0 Å². The number of hydrogen-bond donors (Lipinski definition) is 1. The van der Waals surface area contributed by atoms with Crippen LogP contribution < -0.4 is 5.32 Å². The Labute approximate surface area is 98.2 Å². The van der Waals surface area contributed by atoms with E-state index in [0.717, 1.165) is 19.7 Å². The molecule has 1 unspecified atom stereocenters. The van der Waals surface area contributed by atoms with Gasteiger partial charge >= 0.3 is 0 Å². The molecule has 0 saturated carbocycles. The molecule has 0 aliphatic carbocycles. The predicted molar refractivity (Wildman–Crippen MR) is 64.3 cm³/mol. The highest BCUT2D eigenvalue weighted by Crippen LogP contribution is 2.00. The number of rotatable bonds is 6. The summed E-state index contributed by atoms with van der Waals surface area (Å²) in [5.41, 5.74) is 0. The summed E-state index contributed by atoms with van der Waals surface area (Å²) in [6.07, 6.45) is 3.89. The molecule has 1 N–H and O–H groups in total. The van der Waals surface area contributed by atoms with Gasteiger partial charge in [-0.15, -0.1) is 0 Å². The molecule has 1 heterocycles. The topological polar surface area (TPSA) is 39.1 Å². The number of methoxy groups -OCH3 is 1. The minimum absolute atomic E-state index is 0.398. The molecule has 0 bridgehead atoms. The fourth-order valence-corrected chi connectivity index (χ4v) is 1.64. The zero-order valence-electron chi connectivity index (χ0n) is 8.53. The molecule has 4 nitrogen and oxygen atoms in total. The summed E-state index contributed by atoms with van der Waals surface area (Å²) in [4.78, 5) is 0. The molecular formula is C9H16IN3O. The van der Waals surface area contributed by atoms with Crippen LogP contribution in [0.25, 0.3) is 0 Å². The van der Waals surface area contributed by atoms with Gasteiger partial charge in [-0.05, 0) is 29.5 Å². The lowest BCUT2D eigenvalue weighted by Crippen LogP contribution is -2.32. The lowest BCUT2D eigenvalue weighted by atomic mass is 10.3. The third kappa shape index (κ3) is 4.39. The van der Waals surface area contributed by atoms with Crippen LogP contribution >= 0.6 is 22.6 Å². The van der Waals surface area contributed by atoms with Crippen molar-refractivity contribution in [3.05, 3.63) is 16.0 Å². The normalized spacial score (nSPS) is 13.1. The van der Waals surface area contributed by atoms with Crippen LogP contribution in [0.15, 0.2) is 12.4 Å². The Morgan fingerprint density at radius 2 is 2.50 bits per heavy atom. The number of nitrogens with zero attached hydrogens (tertiary/aromatic N) is 2. The van der Waals surface area contributed by atoms with Crippen LogP contribution in [0.1, 0.15) is 6.92 Å². The van der Waals surface area contributed by atoms with Crippen molar-refractivity contribution in [2.45, 2.75) is 19.5 Å². The Kier molecular flexibility index (Phi) is 5.42. The number of ether oxygens (including phenoxy) is 1. The van der Waals surface area contributed by atoms with E-state index in [9.17, 15) is 0 Å².